The number of nitrogens with zero attached hydrogens (tertiary/aromatic N) is 4. The van der Waals surface area contributed by atoms with Gasteiger partial charge in [-0.3, -0.25) is 9.69 Å². The first kappa shape index (κ1) is 19.5. The van der Waals surface area contributed by atoms with Crippen LogP contribution in [-0.4, -0.2) is 51.7 Å². The number of carbonyl (C=O) groups is 1. The van der Waals surface area contributed by atoms with Crippen molar-refractivity contribution in [2.45, 2.75) is 20.2 Å². The lowest BCUT2D eigenvalue weighted by Gasteiger charge is -2.33. The summed E-state index contributed by atoms with van der Waals surface area (Å²) in [7, 11) is 0. The summed E-state index contributed by atoms with van der Waals surface area (Å²) < 4.78 is 12.7. The van der Waals surface area contributed by atoms with Crippen molar-refractivity contribution in [2.24, 2.45) is 0 Å². The molecule has 1 fully saturated rings. The van der Waals surface area contributed by atoms with Crippen LogP contribution >= 0.6 is 11.6 Å². The van der Waals surface area contributed by atoms with E-state index in [-0.39, 0.29) is 12.6 Å². The van der Waals surface area contributed by atoms with E-state index in [1.807, 2.05) is 36.1 Å². The van der Waals surface area contributed by atoms with Crippen molar-refractivity contribution in [3.05, 3.63) is 70.9 Å². The van der Waals surface area contributed by atoms with Crippen molar-refractivity contribution >= 4 is 17.5 Å². The molecule has 1 saturated heterocycles. The first-order valence-corrected chi connectivity index (χ1v) is 9.93. The second kappa shape index (κ2) is 8.71. The summed E-state index contributed by atoms with van der Waals surface area (Å²) in [4.78, 5) is 16.9. The molecule has 152 valence electrons. The van der Waals surface area contributed by atoms with E-state index in [1.165, 1.54) is 0 Å². The summed E-state index contributed by atoms with van der Waals surface area (Å²) >= 11 is 6.03. The topological polar surface area (TPSA) is 63.7 Å². The lowest BCUT2D eigenvalue weighted by Crippen LogP contribution is -2.48. The number of hydrogen-bond acceptors (Lipinski definition) is 5. The highest BCUT2D eigenvalue weighted by Gasteiger charge is 2.24. The van der Waals surface area contributed by atoms with Crippen LogP contribution in [0.4, 0.5) is 0 Å². The number of carbonyl (C=O) groups excluding carboxylic acids is 1. The monoisotopic (exact) mass is 414 g/mol. The van der Waals surface area contributed by atoms with Crippen LogP contribution in [0.1, 0.15) is 21.8 Å². The molecule has 8 heteroatoms. The summed E-state index contributed by atoms with van der Waals surface area (Å²) in [5, 5.41) is 5.07. The van der Waals surface area contributed by atoms with Gasteiger partial charge in [-0.2, -0.15) is 5.10 Å². The molecule has 0 bridgehead atoms. The van der Waals surface area contributed by atoms with E-state index in [0.717, 1.165) is 31.0 Å². The van der Waals surface area contributed by atoms with Gasteiger partial charge >= 0.3 is 0 Å². The lowest BCUT2D eigenvalue weighted by molar-refractivity contribution is 0.0613. The Kier molecular flexibility index (Phi) is 5.87. The number of aryl methyl sites for hydroxylation is 1. The maximum atomic E-state index is 12.8. The van der Waals surface area contributed by atoms with Crippen molar-refractivity contribution in [1.29, 1.82) is 0 Å². The van der Waals surface area contributed by atoms with Gasteiger partial charge in [-0.1, -0.05) is 11.6 Å². The number of amides is 1. The normalized spacial score (nSPS) is 14.9. The summed E-state index contributed by atoms with van der Waals surface area (Å²) in [6, 6.07) is 11.1. The maximum absolute atomic E-state index is 12.8. The molecular weight excluding hydrogens is 392 g/mol. The smallest absolute Gasteiger partial charge is 0.274 e. The number of aromatic nitrogens is 2. The molecule has 1 amide bonds. The van der Waals surface area contributed by atoms with Crippen LogP contribution in [0, 0.1) is 6.92 Å². The molecular formula is C21H23ClN4O3. The zero-order chi connectivity index (χ0) is 20.2. The van der Waals surface area contributed by atoms with Crippen LogP contribution in [0.25, 0.3) is 0 Å². The first-order valence-electron chi connectivity index (χ1n) is 9.55. The van der Waals surface area contributed by atoms with E-state index in [0.29, 0.717) is 29.6 Å². The lowest BCUT2D eigenvalue weighted by atomic mass is 10.2. The van der Waals surface area contributed by atoms with Gasteiger partial charge in [0.1, 0.15) is 11.5 Å². The number of furan rings is 1. The Labute approximate surface area is 174 Å². The Morgan fingerprint density at radius 1 is 1.21 bits per heavy atom. The fourth-order valence-corrected chi connectivity index (χ4v) is 3.41. The minimum Gasteiger partial charge on any atom is -0.471 e. The van der Waals surface area contributed by atoms with Gasteiger partial charge in [0.25, 0.3) is 5.91 Å². The number of rotatable bonds is 6. The molecule has 0 spiro atoms. The van der Waals surface area contributed by atoms with Gasteiger partial charge in [-0.05, 0) is 48.9 Å². The summed E-state index contributed by atoms with van der Waals surface area (Å²) in [6.07, 6.45) is 3.44. The number of piperazine rings is 1. The predicted molar refractivity (Wildman–Crippen MR) is 109 cm³/mol. The van der Waals surface area contributed by atoms with Gasteiger partial charge in [0.05, 0.1) is 12.8 Å². The molecule has 0 saturated carbocycles. The average Bonchev–Trinajstić information content (AvgIpc) is 3.41. The molecule has 0 aliphatic carbocycles. The van der Waals surface area contributed by atoms with Crippen LogP contribution in [-0.2, 0) is 13.3 Å². The number of ether oxygens (including phenoxy) is 1. The summed E-state index contributed by atoms with van der Waals surface area (Å²) in [6.45, 7) is 5.89. The molecule has 0 atom stereocenters. The van der Waals surface area contributed by atoms with Gasteiger partial charge in [-0.25, -0.2) is 4.68 Å². The van der Waals surface area contributed by atoms with E-state index in [1.54, 1.807) is 29.3 Å². The van der Waals surface area contributed by atoms with Crippen LogP contribution in [0.3, 0.4) is 0 Å². The highest BCUT2D eigenvalue weighted by Crippen LogP contribution is 2.21. The standard InChI is InChI=1S/C21H23ClN4O3/c1-16-13-17(4-5-19(16)22)29-15-26-7-6-20(23-26)21(27)25-10-8-24(9-11-25)14-18-3-2-12-28-18/h2-7,12-13H,8-11,14-15H2,1H3. The minimum absolute atomic E-state index is 0.0521. The number of benzene rings is 1. The second-order valence-electron chi connectivity index (χ2n) is 7.07. The fraction of sp³-hybridized carbons (Fsp3) is 0.333. The van der Waals surface area contributed by atoms with Gasteiger partial charge < -0.3 is 14.1 Å². The molecule has 1 aliphatic rings. The van der Waals surface area contributed by atoms with Crippen molar-refractivity contribution in [2.75, 3.05) is 26.2 Å². The molecule has 0 N–H and O–H groups in total. The van der Waals surface area contributed by atoms with E-state index in [2.05, 4.69) is 10.00 Å². The average molecular weight is 415 g/mol. The number of hydrogen-bond donors (Lipinski definition) is 0. The zero-order valence-corrected chi connectivity index (χ0v) is 17.0. The molecule has 1 aromatic carbocycles. The van der Waals surface area contributed by atoms with Crippen LogP contribution in [0.15, 0.2) is 53.3 Å². The third-order valence-electron chi connectivity index (χ3n) is 4.97. The van der Waals surface area contributed by atoms with Crippen molar-refractivity contribution in [3.63, 3.8) is 0 Å². The minimum atomic E-state index is -0.0521. The van der Waals surface area contributed by atoms with Crippen LogP contribution in [0.5, 0.6) is 5.75 Å². The molecule has 2 aromatic heterocycles. The van der Waals surface area contributed by atoms with Gasteiger partial charge in [0, 0.05) is 37.4 Å². The van der Waals surface area contributed by atoms with Gasteiger partial charge in [-0.15, -0.1) is 0 Å². The molecule has 1 aliphatic heterocycles. The Morgan fingerprint density at radius 2 is 2.03 bits per heavy atom. The van der Waals surface area contributed by atoms with Crippen LogP contribution in [0.2, 0.25) is 5.02 Å². The number of halogens is 1. The Hall–Kier alpha value is -2.77. The molecule has 0 unspecified atom stereocenters. The zero-order valence-electron chi connectivity index (χ0n) is 16.3. The van der Waals surface area contributed by atoms with Crippen molar-refractivity contribution in [3.8, 4) is 5.75 Å². The second-order valence-corrected chi connectivity index (χ2v) is 7.48. The molecule has 0 radical (unpaired) electrons. The summed E-state index contributed by atoms with van der Waals surface area (Å²) in [5.41, 5.74) is 1.38. The van der Waals surface area contributed by atoms with Crippen molar-refractivity contribution < 1.29 is 13.9 Å². The highest BCUT2D eigenvalue weighted by molar-refractivity contribution is 6.31. The molecule has 7 nitrogen and oxygen atoms in total. The predicted octanol–water partition coefficient (Wildman–Crippen LogP) is 3.43. The third kappa shape index (κ3) is 4.81. The largest absolute Gasteiger partial charge is 0.471 e. The SMILES string of the molecule is Cc1cc(OCn2ccc(C(=O)N3CCN(Cc4ccco4)CC3)n2)ccc1Cl. The third-order valence-corrected chi connectivity index (χ3v) is 5.40. The molecule has 3 heterocycles. The Bertz CT molecular complexity index is 962. The van der Waals surface area contributed by atoms with E-state index < -0.39 is 0 Å². The fourth-order valence-electron chi connectivity index (χ4n) is 3.29. The molecule has 29 heavy (non-hydrogen) atoms. The maximum Gasteiger partial charge on any atom is 0.274 e. The highest BCUT2D eigenvalue weighted by atomic mass is 35.5. The van der Waals surface area contributed by atoms with Crippen molar-refractivity contribution in [1.82, 2.24) is 19.6 Å². The Balaban J connectivity index is 1.28. The summed E-state index contributed by atoms with van der Waals surface area (Å²) in [5.74, 6) is 1.60. The molecule has 3 aromatic rings. The Morgan fingerprint density at radius 3 is 2.76 bits per heavy atom. The molecule has 4 rings (SSSR count). The van der Waals surface area contributed by atoms with E-state index >= 15 is 0 Å². The van der Waals surface area contributed by atoms with E-state index in [9.17, 15) is 4.79 Å². The quantitative estimate of drug-likeness (QED) is 0.618. The van der Waals surface area contributed by atoms with Crippen LogP contribution < -0.4 is 4.74 Å². The van der Waals surface area contributed by atoms with Gasteiger partial charge in [0.15, 0.2) is 12.4 Å². The first-order chi connectivity index (χ1) is 14.1. The van der Waals surface area contributed by atoms with E-state index in [4.69, 9.17) is 20.8 Å². The van der Waals surface area contributed by atoms with Gasteiger partial charge in [0.2, 0.25) is 0 Å².